The van der Waals surface area contributed by atoms with Gasteiger partial charge in [-0.05, 0) is 25.3 Å². The number of aromatic nitrogens is 2. The van der Waals surface area contributed by atoms with Crippen LogP contribution in [0.4, 0.5) is 5.13 Å². The number of carbonyl (C=O) groups excluding carboxylic acids is 1. The van der Waals surface area contributed by atoms with Crippen LogP contribution in [-0.4, -0.2) is 31.1 Å². The van der Waals surface area contributed by atoms with Crippen LogP contribution in [-0.2, 0) is 21.2 Å². The van der Waals surface area contributed by atoms with Gasteiger partial charge in [-0.25, -0.2) is 13.1 Å². The molecule has 136 valence electrons. The number of hydrogen-bond donors (Lipinski definition) is 2. The zero-order valence-electron chi connectivity index (χ0n) is 14.4. The standard InChI is InChI=1S/C16H22N4O3S2/c1-11(2)14(21)18-15-19-20-16(24-15)25(22,23)17-10-4-5-13-8-6-12(3)7-9-13/h6-9,11,17H,4-5,10H2,1-3H3,(H,18,19,21). The topological polar surface area (TPSA) is 101 Å². The fourth-order valence-corrected chi connectivity index (χ4v) is 3.95. The van der Waals surface area contributed by atoms with E-state index in [-0.39, 0.29) is 21.3 Å². The fraction of sp³-hybridized carbons (Fsp3) is 0.438. The minimum Gasteiger partial charge on any atom is -0.300 e. The molecule has 7 nitrogen and oxygen atoms in total. The second-order valence-corrected chi connectivity index (χ2v) is 8.92. The lowest BCUT2D eigenvalue weighted by Gasteiger charge is -2.04. The largest absolute Gasteiger partial charge is 0.300 e. The Kier molecular flexibility index (Phi) is 6.63. The van der Waals surface area contributed by atoms with Crippen LogP contribution in [0.25, 0.3) is 0 Å². The van der Waals surface area contributed by atoms with Gasteiger partial charge in [-0.2, -0.15) is 0 Å². The molecule has 2 N–H and O–H groups in total. The highest BCUT2D eigenvalue weighted by molar-refractivity contribution is 7.91. The summed E-state index contributed by atoms with van der Waals surface area (Å²) in [5, 5.41) is 10.1. The predicted molar refractivity (Wildman–Crippen MR) is 98.1 cm³/mol. The molecule has 0 bridgehead atoms. The van der Waals surface area contributed by atoms with Gasteiger partial charge in [-0.15, -0.1) is 10.2 Å². The molecular formula is C16H22N4O3S2. The van der Waals surface area contributed by atoms with E-state index in [9.17, 15) is 13.2 Å². The SMILES string of the molecule is Cc1ccc(CCCNS(=O)(=O)c2nnc(NC(=O)C(C)C)s2)cc1. The molecule has 0 aliphatic heterocycles. The second-order valence-electron chi connectivity index (χ2n) is 6.00. The lowest BCUT2D eigenvalue weighted by Crippen LogP contribution is -2.25. The zero-order chi connectivity index (χ0) is 18.4. The molecule has 2 rings (SSSR count). The Morgan fingerprint density at radius 2 is 1.88 bits per heavy atom. The molecule has 0 saturated carbocycles. The van der Waals surface area contributed by atoms with Crippen LogP contribution in [0.1, 0.15) is 31.4 Å². The highest BCUT2D eigenvalue weighted by Crippen LogP contribution is 2.20. The quantitative estimate of drug-likeness (QED) is 0.539. The number of benzene rings is 1. The number of aryl methyl sites for hydroxylation is 2. The zero-order valence-corrected chi connectivity index (χ0v) is 16.1. The molecular weight excluding hydrogens is 360 g/mol. The number of nitrogens with one attached hydrogen (secondary N) is 2. The lowest BCUT2D eigenvalue weighted by atomic mass is 10.1. The molecule has 1 aromatic carbocycles. The summed E-state index contributed by atoms with van der Waals surface area (Å²) in [5.74, 6) is -0.449. The van der Waals surface area contributed by atoms with Crippen LogP contribution >= 0.6 is 11.3 Å². The Labute approximate surface area is 151 Å². The van der Waals surface area contributed by atoms with Crippen molar-refractivity contribution in [2.45, 2.75) is 38.0 Å². The van der Waals surface area contributed by atoms with E-state index in [4.69, 9.17) is 0 Å². The number of sulfonamides is 1. The van der Waals surface area contributed by atoms with Gasteiger partial charge < -0.3 is 5.32 Å². The van der Waals surface area contributed by atoms with Crippen LogP contribution in [0.3, 0.4) is 0 Å². The summed E-state index contributed by atoms with van der Waals surface area (Å²) >= 11 is 0.837. The summed E-state index contributed by atoms with van der Waals surface area (Å²) in [5.41, 5.74) is 2.36. The van der Waals surface area contributed by atoms with E-state index in [1.165, 1.54) is 11.1 Å². The maximum Gasteiger partial charge on any atom is 0.269 e. The Balaban J connectivity index is 1.85. The Morgan fingerprint density at radius 3 is 2.52 bits per heavy atom. The predicted octanol–water partition coefficient (Wildman–Crippen LogP) is 2.35. The number of hydrogen-bond acceptors (Lipinski definition) is 6. The minimum atomic E-state index is -3.71. The number of anilines is 1. The first-order valence-corrected chi connectivity index (χ1v) is 10.3. The van der Waals surface area contributed by atoms with Crippen molar-refractivity contribution < 1.29 is 13.2 Å². The molecule has 0 saturated heterocycles. The molecule has 0 spiro atoms. The van der Waals surface area contributed by atoms with Crippen LogP contribution in [0, 0.1) is 12.8 Å². The van der Waals surface area contributed by atoms with Crippen molar-refractivity contribution in [2.24, 2.45) is 5.92 Å². The first kappa shape index (κ1) is 19.5. The highest BCUT2D eigenvalue weighted by atomic mass is 32.2. The average Bonchev–Trinajstić information content (AvgIpc) is 3.02. The highest BCUT2D eigenvalue weighted by Gasteiger charge is 2.20. The molecule has 1 aromatic heterocycles. The summed E-state index contributed by atoms with van der Waals surface area (Å²) < 4.78 is 26.8. The molecule has 0 atom stereocenters. The number of rotatable bonds is 8. The Morgan fingerprint density at radius 1 is 1.20 bits per heavy atom. The van der Waals surface area contributed by atoms with E-state index in [1.807, 2.05) is 31.2 Å². The second kappa shape index (κ2) is 8.50. The molecule has 0 aliphatic rings. The maximum atomic E-state index is 12.2. The first-order chi connectivity index (χ1) is 11.8. The molecule has 0 radical (unpaired) electrons. The van der Waals surface area contributed by atoms with Gasteiger partial charge in [0, 0.05) is 12.5 Å². The molecule has 0 unspecified atom stereocenters. The third kappa shape index (κ3) is 5.87. The van der Waals surface area contributed by atoms with Gasteiger partial charge in [0.15, 0.2) is 0 Å². The van der Waals surface area contributed by atoms with Gasteiger partial charge in [0.2, 0.25) is 15.4 Å². The van der Waals surface area contributed by atoms with Crippen molar-refractivity contribution in [1.82, 2.24) is 14.9 Å². The Hall–Kier alpha value is -1.84. The van der Waals surface area contributed by atoms with E-state index in [2.05, 4.69) is 20.2 Å². The van der Waals surface area contributed by atoms with Gasteiger partial charge in [-0.1, -0.05) is 55.0 Å². The van der Waals surface area contributed by atoms with Crippen molar-refractivity contribution >= 4 is 32.4 Å². The van der Waals surface area contributed by atoms with Gasteiger partial charge in [0.25, 0.3) is 10.0 Å². The van der Waals surface area contributed by atoms with Crippen molar-refractivity contribution in [3.05, 3.63) is 35.4 Å². The monoisotopic (exact) mass is 382 g/mol. The minimum absolute atomic E-state index is 0.151. The van der Waals surface area contributed by atoms with Crippen LogP contribution in [0.2, 0.25) is 0 Å². The van der Waals surface area contributed by atoms with Crippen molar-refractivity contribution in [3.63, 3.8) is 0 Å². The Bertz CT molecular complexity index is 814. The third-order valence-corrected chi connectivity index (χ3v) is 6.11. The smallest absolute Gasteiger partial charge is 0.269 e. The van der Waals surface area contributed by atoms with Gasteiger partial charge in [-0.3, -0.25) is 4.79 Å². The summed E-state index contributed by atoms with van der Waals surface area (Å²) in [6, 6.07) is 8.15. The molecule has 1 heterocycles. The van der Waals surface area contributed by atoms with Gasteiger partial charge >= 0.3 is 0 Å². The number of amides is 1. The summed E-state index contributed by atoms with van der Waals surface area (Å²) in [4.78, 5) is 11.6. The van der Waals surface area contributed by atoms with E-state index < -0.39 is 10.0 Å². The molecule has 2 aromatic rings. The molecule has 0 fully saturated rings. The fourth-order valence-electron chi connectivity index (χ4n) is 1.93. The van der Waals surface area contributed by atoms with Crippen LogP contribution < -0.4 is 10.0 Å². The van der Waals surface area contributed by atoms with E-state index in [1.54, 1.807) is 13.8 Å². The summed E-state index contributed by atoms with van der Waals surface area (Å²) in [6.07, 6.45) is 1.46. The number of nitrogens with zero attached hydrogens (tertiary/aromatic N) is 2. The number of carbonyl (C=O) groups is 1. The van der Waals surface area contributed by atoms with Crippen molar-refractivity contribution in [1.29, 1.82) is 0 Å². The van der Waals surface area contributed by atoms with Crippen LogP contribution in [0.15, 0.2) is 28.6 Å². The van der Waals surface area contributed by atoms with Gasteiger partial charge in [0.1, 0.15) is 0 Å². The van der Waals surface area contributed by atoms with E-state index >= 15 is 0 Å². The first-order valence-electron chi connectivity index (χ1n) is 7.97. The maximum absolute atomic E-state index is 12.2. The van der Waals surface area contributed by atoms with Gasteiger partial charge in [0.05, 0.1) is 0 Å². The molecule has 0 aliphatic carbocycles. The molecule has 1 amide bonds. The van der Waals surface area contributed by atoms with E-state index in [0.29, 0.717) is 13.0 Å². The molecule has 25 heavy (non-hydrogen) atoms. The van der Waals surface area contributed by atoms with E-state index in [0.717, 1.165) is 17.8 Å². The van der Waals surface area contributed by atoms with Crippen molar-refractivity contribution in [2.75, 3.05) is 11.9 Å². The summed E-state index contributed by atoms with van der Waals surface area (Å²) in [6.45, 7) is 5.81. The lowest BCUT2D eigenvalue weighted by molar-refractivity contribution is -0.118. The molecule has 9 heteroatoms. The third-order valence-electron chi connectivity index (χ3n) is 3.45. The summed E-state index contributed by atoms with van der Waals surface area (Å²) in [7, 11) is -3.71. The van der Waals surface area contributed by atoms with Crippen LogP contribution in [0.5, 0.6) is 0 Å². The van der Waals surface area contributed by atoms with Crippen molar-refractivity contribution in [3.8, 4) is 0 Å². The normalized spacial score (nSPS) is 11.7. The average molecular weight is 383 g/mol.